The van der Waals surface area contributed by atoms with Crippen molar-refractivity contribution in [3.05, 3.63) is 63.7 Å². The molecule has 0 spiro atoms. The van der Waals surface area contributed by atoms with Crippen molar-refractivity contribution in [3.63, 3.8) is 0 Å². The van der Waals surface area contributed by atoms with Crippen molar-refractivity contribution in [1.29, 1.82) is 0 Å². The third-order valence-corrected chi connectivity index (χ3v) is 3.15. The first kappa shape index (κ1) is 14.8. The zero-order valence-electron chi connectivity index (χ0n) is 11.6. The molecule has 0 aliphatic heterocycles. The second-order valence-electron chi connectivity index (χ2n) is 4.36. The molecule has 0 aromatic heterocycles. The highest BCUT2D eigenvalue weighted by Gasteiger charge is 2.17. The van der Waals surface area contributed by atoms with E-state index in [0.29, 0.717) is 22.6 Å². The van der Waals surface area contributed by atoms with Gasteiger partial charge in [-0.3, -0.25) is 10.1 Å². The first-order valence-electron chi connectivity index (χ1n) is 6.21. The van der Waals surface area contributed by atoms with Gasteiger partial charge in [-0.1, -0.05) is 0 Å². The van der Waals surface area contributed by atoms with Gasteiger partial charge in [-0.05, 0) is 29.8 Å². The third kappa shape index (κ3) is 3.11. The Hall–Kier alpha value is -2.60. The summed E-state index contributed by atoms with van der Waals surface area (Å²) in [6, 6.07) is 10.8. The van der Waals surface area contributed by atoms with E-state index in [-0.39, 0.29) is 5.69 Å². The van der Waals surface area contributed by atoms with Gasteiger partial charge in [-0.2, -0.15) is 0 Å². The van der Waals surface area contributed by atoms with Crippen LogP contribution in [-0.2, 0) is 0 Å². The van der Waals surface area contributed by atoms with Gasteiger partial charge in [0, 0.05) is 23.8 Å². The number of ether oxygens (including phenoxy) is 2. The summed E-state index contributed by atoms with van der Waals surface area (Å²) in [6.07, 6.45) is -0.938. The fraction of sp³-hybridized carbons (Fsp3) is 0.200. The minimum absolute atomic E-state index is 0.0207. The molecule has 6 nitrogen and oxygen atoms in total. The maximum Gasteiger partial charge on any atom is 0.269 e. The predicted octanol–water partition coefficient (Wildman–Crippen LogP) is 2.69. The summed E-state index contributed by atoms with van der Waals surface area (Å²) in [4.78, 5) is 10.2. The summed E-state index contributed by atoms with van der Waals surface area (Å²) in [5.41, 5.74) is 1.09. The first-order chi connectivity index (χ1) is 10.1. The van der Waals surface area contributed by atoms with E-state index >= 15 is 0 Å². The van der Waals surface area contributed by atoms with Crippen molar-refractivity contribution in [1.82, 2.24) is 0 Å². The smallest absolute Gasteiger partial charge is 0.269 e. The van der Waals surface area contributed by atoms with Gasteiger partial charge < -0.3 is 14.6 Å². The average molecular weight is 289 g/mol. The van der Waals surface area contributed by atoms with Crippen LogP contribution in [0.15, 0.2) is 42.5 Å². The maximum atomic E-state index is 10.6. The minimum atomic E-state index is -0.938. The molecule has 110 valence electrons. The number of aliphatic hydroxyl groups is 1. The van der Waals surface area contributed by atoms with E-state index in [4.69, 9.17) is 9.47 Å². The molecule has 0 fully saturated rings. The van der Waals surface area contributed by atoms with Crippen LogP contribution < -0.4 is 9.47 Å². The Morgan fingerprint density at radius 2 is 1.76 bits per heavy atom. The zero-order chi connectivity index (χ0) is 15.4. The first-order valence-corrected chi connectivity index (χ1v) is 6.21. The lowest BCUT2D eigenvalue weighted by Gasteiger charge is -2.16. The number of methoxy groups -OCH3 is 2. The van der Waals surface area contributed by atoms with Gasteiger partial charge in [0.1, 0.15) is 17.6 Å². The lowest BCUT2D eigenvalue weighted by Crippen LogP contribution is -2.03. The van der Waals surface area contributed by atoms with Crippen molar-refractivity contribution < 1.29 is 19.5 Å². The number of nitrogens with zero attached hydrogens (tertiary/aromatic N) is 1. The van der Waals surface area contributed by atoms with Gasteiger partial charge >= 0.3 is 0 Å². The molecule has 1 unspecified atom stereocenters. The van der Waals surface area contributed by atoms with E-state index in [0.717, 1.165) is 0 Å². The highest BCUT2D eigenvalue weighted by Crippen LogP contribution is 2.33. The van der Waals surface area contributed by atoms with E-state index in [2.05, 4.69) is 0 Å². The molecule has 2 aromatic carbocycles. The summed E-state index contributed by atoms with van der Waals surface area (Å²) in [5, 5.41) is 21.0. The Balaban J connectivity index is 2.34. The molecule has 2 aromatic rings. The Morgan fingerprint density at radius 3 is 2.29 bits per heavy atom. The highest BCUT2D eigenvalue weighted by atomic mass is 16.6. The molecule has 0 bridgehead atoms. The number of non-ortho nitro benzene ring substituents is 1. The number of hydrogen-bond donors (Lipinski definition) is 1. The van der Waals surface area contributed by atoms with Crippen LogP contribution in [-0.4, -0.2) is 24.2 Å². The number of benzene rings is 2. The Kier molecular flexibility index (Phi) is 4.39. The van der Waals surface area contributed by atoms with Crippen LogP contribution in [0.3, 0.4) is 0 Å². The van der Waals surface area contributed by atoms with E-state index in [1.54, 1.807) is 25.3 Å². The van der Waals surface area contributed by atoms with Crippen LogP contribution in [0.5, 0.6) is 11.5 Å². The van der Waals surface area contributed by atoms with E-state index in [1.807, 2.05) is 0 Å². The summed E-state index contributed by atoms with van der Waals surface area (Å²) in [5.74, 6) is 1.10. The molecule has 1 N–H and O–H groups in total. The van der Waals surface area contributed by atoms with Crippen molar-refractivity contribution in [2.24, 2.45) is 0 Å². The van der Waals surface area contributed by atoms with Gasteiger partial charge in [0.2, 0.25) is 0 Å². The second kappa shape index (κ2) is 6.23. The number of nitro groups is 1. The van der Waals surface area contributed by atoms with Gasteiger partial charge in [0.15, 0.2) is 0 Å². The van der Waals surface area contributed by atoms with Crippen LogP contribution >= 0.6 is 0 Å². The standard InChI is InChI=1S/C15H15NO5/c1-20-12-7-8-13(14(9-12)21-2)15(17)10-3-5-11(6-4-10)16(18)19/h3-9,15,17H,1-2H3. The molecule has 2 rings (SSSR count). The number of rotatable bonds is 5. The highest BCUT2D eigenvalue weighted by molar-refractivity contribution is 5.46. The number of hydrogen-bond acceptors (Lipinski definition) is 5. The molecule has 0 saturated carbocycles. The lowest BCUT2D eigenvalue weighted by atomic mass is 10.00. The van der Waals surface area contributed by atoms with Crippen LogP contribution in [0.1, 0.15) is 17.2 Å². The predicted molar refractivity (Wildman–Crippen MR) is 76.7 cm³/mol. The van der Waals surface area contributed by atoms with Crippen LogP contribution in [0.4, 0.5) is 5.69 Å². The lowest BCUT2D eigenvalue weighted by molar-refractivity contribution is -0.384. The van der Waals surface area contributed by atoms with Gasteiger partial charge in [0.05, 0.1) is 19.1 Å². The van der Waals surface area contributed by atoms with E-state index in [1.165, 1.54) is 31.4 Å². The number of aliphatic hydroxyl groups excluding tert-OH is 1. The Morgan fingerprint density at radius 1 is 1.10 bits per heavy atom. The van der Waals surface area contributed by atoms with Crippen LogP contribution in [0.2, 0.25) is 0 Å². The molecule has 1 atom stereocenters. The summed E-state index contributed by atoms with van der Waals surface area (Å²) in [6.45, 7) is 0. The third-order valence-electron chi connectivity index (χ3n) is 3.15. The molecular weight excluding hydrogens is 274 g/mol. The van der Waals surface area contributed by atoms with Gasteiger partial charge in [-0.15, -0.1) is 0 Å². The van der Waals surface area contributed by atoms with Crippen molar-refractivity contribution in [2.45, 2.75) is 6.10 Å². The summed E-state index contributed by atoms with van der Waals surface area (Å²) in [7, 11) is 3.04. The topological polar surface area (TPSA) is 81.8 Å². The van der Waals surface area contributed by atoms with Gasteiger partial charge in [-0.25, -0.2) is 0 Å². The normalized spacial score (nSPS) is 11.8. The molecule has 0 amide bonds. The SMILES string of the molecule is COc1ccc(C(O)c2ccc([N+](=O)[O-])cc2)c(OC)c1. The van der Waals surface area contributed by atoms with E-state index < -0.39 is 11.0 Å². The Labute approximate surface area is 121 Å². The van der Waals surface area contributed by atoms with Crippen molar-refractivity contribution >= 4 is 5.69 Å². The van der Waals surface area contributed by atoms with Crippen LogP contribution in [0, 0.1) is 10.1 Å². The van der Waals surface area contributed by atoms with Crippen molar-refractivity contribution in [2.75, 3.05) is 14.2 Å². The quantitative estimate of drug-likeness (QED) is 0.676. The monoisotopic (exact) mass is 289 g/mol. The van der Waals surface area contributed by atoms with Gasteiger partial charge in [0.25, 0.3) is 5.69 Å². The maximum absolute atomic E-state index is 10.6. The molecule has 0 aliphatic carbocycles. The van der Waals surface area contributed by atoms with Crippen LogP contribution in [0.25, 0.3) is 0 Å². The number of nitro benzene ring substituents is 1. The fourth-order valence-corrected chi connectivity index (χ4v) is 2.00. The zero-order valence-corrected chi connectivity index (χ0v) is 11.6. The minimum Gasteiger partial charge on any atom is -0.497 e. The molecule has 6 heteroatoms. The molecule has 0 aliphatic rings. The molecule has 0 radical (unpaired) electrons. The molecular formula is C15H15NO5. The van der Waals surface area contributed by atoms with Crippen molar-refractivity contribution in [3.8, 4) is 11.5 Å². The summed E-state index contributed by atoms with van der Waals surface area (Å²) >= 11 is 0. The Bertz CT molecular complexity index is 639. The molecule has 0 heterocycles. The largest absolute Gasteiger partial charge is 0.497 e. The van der Waals surface area contributed by atoms with E-state index in [9.17, 15) is 15.2 Å². The fourth-order valence-electron chi connectivity index (χ4n) is 2.00. The molecule has 0 saturated heterocycles. The average Bonchev–Trinajstić information content (AvgIpc) is 2.53. The summed E-state index contributed by atoms with van der Waals surface area (Å²) < 4.78 is 10.3. The molecule has 21 heavy (non-hydrogen) atoms. The second-order valence-corrected chi connectivity index (χ2v) is 4.36.